The number of aromatic carboxylic acids is 1. The van der Waals surface area contributed by atoms with Crippen LogP contribution < -0.4 is 4.72 Å². The van der Waals surface area contributed by atoms with Gasteiger partial charge in [-0.3, -0.25) is 0 Å². The molecule has 1 heterocycles. The SMILES string of the molecule is CC(C)CC(C)NS(=O)(=O)c1scnc1C(=O)O. The van der Waals surface area contributed by atoms with Crippen molar-refractivity contribution in [1.29, 1.82) is 0 Å². The van der Waals surface area contributed by atoms with E-state index in [-0.39, 0.29) is 10.3 Å². The lowest BCUT2D eigenvalue weighted by molar-refractivity contribution is 0.0687. The number of sulfonamides is 1. The van der Waals surface area contributed by atoms with Crippen LogP contribution in [0.2, 0.25) is 0 Å². The third kappa shape index (κ3) is 3.76. The van der Waals surface area contributed by atoms with Gasteiger partial charge in [0.15, 0.2) is 9.90 Å². The van der Waals surface area contributed by atoms with Gasteiger partial charge in [-0.2, -0.15) is 0 Å². The normalized spacial score (nSPS) is 13.8. The summed E-state index contributed by atoms with van der Waals surface area (Å²) in [5, 5.41) is 8.85. The lowest BCUT2D eigenvalue weighted by atomic mass is 10.1. The molecular formula is C10H16N2O4S2. The molecule has 18 heavy (non-hydrogen) atoms. The molecule has 0 aliphatic rings. The Morgan fingerprint density at radius 2 is 2.11 bits per heavy atom. The molecule has 0 saturated heterocycles. The molecule has 0 aromatic carbocycles. The van der Waals surface area contributed by atoms with E-state index in [1.54, 1.807) is 6.92 Å². The van der Waals surface area contributed by atoms with Gasteiger partial charge >= 0.3 is 5.97 Å². The van der Waals surface area contributed by atoms with Gasteiger partial charge in [0, 0.05) is 6.04 Å². The number of nitrogens with zero attached hydrogens (tertiary/aromatic N) is 1. The summed E-state index contributed by atoms with van der Waals surface area (Å²) in [4.78, 5) is 14.4. The summed E-state index contributed by atoms with van der Waals surface area (Å²) in [6.07, 6.45) is 0.681. The molecule has 0 aliphatic carbocycles. The molecule has 0 bridgehead atoms. The molecule has 1 aromatic heterocycles. The van der Waals surface area contributed by atoms with Crippen LogP contribution in [0, 0.1) is 5.92 Å². The van der Waals surface area contributed by atoms with E-state index in [1.807, 2.05) is 13.8 Å². The first-order valence-electron chi connectivity index (χ1n) is 5.43. The second-order valence-electron chi connectivity index (χ2n) is 4.45. The Labute approximate surface area is 110 Å². The van der Waals surface area contributed by atoms with Crippen LogP contribution in [0.25, 0.3) is 0 Å². The van der Waals surface area contributed by atoms with Crippen molar-refractivity contribution in [3.63, 3.8) is 0 Å². The van der Waals surface area contributed by atoms with Gasteiger partial charge in [0.25, 0.3) is 10.0 Å². The molecule has 0 fully saturated rings. The predicted octanol–water partition coefficient (Wildman–Crippen LogP) is 1.55. The molecule has 102 valence electrons. The summed E-state index contributed by atoms with van der Waals surface area (Å²) in [5.41, 5.74) is 0.787. The van der Waals surface area contributed by atoms with E-state index in [9.17, 15) is 13.2 Å². The summed E-state index contributed by atoms with van der Waals surface area (Å²) in [7, 11) is -3.81. The van der Waals surface area contributed by atoms with E-state index in [4.69, 9.17) is 5.11 Å². The lowest BCUT2D eigenvalue weighted by Gasteiger charge is -2.15. The van der Waals surface area contributed by atoms with Gasteiger partial charge in [-0.1, -0.05) is 13.8 Å². The van der Waals surface area contributed by atoms with Gasteiger partial charge in [0.1, 0.15) is 0 Å². The van der Waals surface area contributed by atoms with Crippen molar-refractivity contribution in [3.05, 3.63) is 11.2 Å². The minimum absolute atomic E-state index is 0.245. The van der Waals surface area contributed by atoms with Gasteiger partial charge in [-0.15, -0.1) is 11.3 Å². The highest BCUT2D eigenvalue weighted by Gasteiger charge is 2.27. The van der Waals surface area contributed by atoms with Gasteiger partial charge in [0.05, 0.1) is 5.51 Å². The number of nitrogens with one attached hydrogen (secondary N) is 1. The van der Waals surface area contributed by atoms with Crippen LogP contribution in [0.5, 0.6) is 0 Å². The molecule has 6 nitrogen and oxygen atoms in total. The number of aromatic nitrogens is 1. The minimum atomic E-state index is -3.81. The molecular weight excluding hydrogens is 276 g/mol. The van der Waals surface area contributed by atoms with Crippen LogP contribution in [-0.2, 0) is 10.0 Å². The fraction of sp³-hybridized carbons (Fsp3) is 0.600. The maximum atomic E-state index is 12.0. The molecule has 1 atom stereocenters. The molecule has 0 spiro atoms. The second kappa shape index (κ2) is 5.77. The zero-order chi connectivity index (χ0) is 13.9. The smallest absolute Gasteiger partial charge is 0.356 e. The molecule has 1 unspecified atom stereocenters. The minimum Gasteiger partial charge on any atom is -0.476 e. The first kappa shape index (κ1) is 15.1. The Kier molecular flexibility index (Phi) is 4.83. The Morgan fingerprint density at radius 3 is 2.61 bits per heavy atom. The van der Waals surface area contributed by atoms with Crippen LogP contribution in [-0.4, -0.2) is 30.5 Å². The third-order valence-corrected chi connectivity index (χ3v) is 5.12. The van der Waals surface area contributed by atoms with Crippen molar-refractivity contribution >= 4 is 27.3 Å². The summed E-state index contributed by atoms with van der Waals surface area (Å²) >= 11 is 0.803. The van der Waals surface area contributed by atoms with Crippen molar-refractivity contribution in [2.45, 2.75) is 37.4 Å². The lowest BCUT2D eigenvalue weighted by Crippen LogP contribution is -2.33. The van der Waals surface area contributed by atoms with Crippen LogP contribution in [0.3, 0.4) is 0 Å². The summed E-state index contributed by atoms with van der Waals surface area (Å²) < 4.78 is 26.2. The molecule has 8 heteroatoms. The number of hydrogen-bond donors (Lipinski definition) is 2. The standard InChI is InChI=1S/C10H16N2O4S2/c1-6(2)4-7(3)12-18(15,16)10-8(9(13)14)11-5-17-10/h5-7,12H,4H2,1-3H3,(H,13,14). The summed E-state index contributed by atoms with van der Waals surface area (Å²) in [5.74, 6) is -0.990. The van der Waals surface area contributed by atoms with E-state index in [1.165, 1.54) is 5.51 Å². The van der Waals surface area contributed by atoms with E-state index in [0.29, 0.717) is 12.3 Å². The number of hydrogen-bond acceptors (Lipinski definition) is 5. The van der Waals surface area contributed by atoms with Gasteiger partial charge < -0.3 is 5.11 Å². The maximum Gasteiger partial charge on any atom is 0.356 e. The molecule has 1 rings (SSSR count). The molecule has 0 aliphatic heterocycles. The number of thiazole rings is 1. The highest BCUT2D eigenvalue weighted by Crippen LogP contribution is 2.20. The maximum absolute atomic E-state index is 12.0. The Balaban J connectivity index is 2.93. The van der Waals surface area contributed by atoms with Crippen LogP contribution in [0.1, 0.15) is 37.7 Å². The van der Waals surface area contributed by atoms with Crippen molar-refractivity contribution < 1.29 is 18.3 Å². The van der Waals surface area contributed by atoms with Gasteiger partial charge in [0.2, 0.25) is 0 Å². The quantitative estimate of drug-likeness (QED) is 0.829. The van der Waals surface area contributed by atoms with Crippen LogP contribution in [0.15, 0.2) is 9.72 Å². The van der Waals surface area contributed by atoms with Crippen molar-refractivity contribution in [2.24, 2.45) is 5.92 Å². The second-order valence-corrected chi connectivity index (χ2v) is 7.21. The topological polar surface area (TPSA) is 96.4 Å². The Bertz CT molecular complexity index is 522. The average Bonchev–Trinajstić information content (AvgIpc) is 2.63. The zero-order valence-electron chi connectivity index (χ0n) is 10.4. The largest absolute Gasteiger partial charge is 0.476 e. The zero-order valence-corrected chi connectivity index (χ0v) is 12.0. The van der Waals surface area contributed by atoms with E-state index < -0.39 is 21.7 Å². The average molecular weight is 292 g/mol. The highest BCUT2D eigenvalue weighted by atomic mass is 32.2. The number of rotatable bonds is 6. The monoisotopic (exact) mass is 292 g/mol. The van der Waals surface area contributed by atoms with Crippen LogP contribution in [0.4, 0.5) is 0 Å². The number of carboxylic acid groups (broad SMARTS) is 1. The van der Waals surface area contributed by atoms with Crippen LogP contribution >= 0.6 is 11.3 Å². The first-order valence-corrected chi connectivity index (χ1v) is 7.79. The molecule has 1 aromatic rings. The third-order valence-electron chi connectivity index (χ3n) is 2.16. The van der Waals surface area contributed by atoms with Crippen molar-refractivity contribution in [1.82, 2.24) is 9.71 Å². The van der Waals surface area contributed by atoms with Crippen molar-refractivity contribution in [3.8, 4) is 0 Å². The van der Waals surface area contributed by atoms with Gasteiger partial charge in [-0.05, 0) is 19.3 Å². The highest BCUT2D eigenvalue weighted by molar-refractivity contribution is 7.91. The van der Waals surface area contributed by atoms with Crippen molar-refractivity contribution in [2.75, 3.05) is 0 Å². The number of carboxylic acids is 1. The van der Waals surface area contributed by atoms with E-state index in [2.05, 4.69) is 9.71 Å². The molecule has 0 amide bonds. The molecule has 2 N–H and O–H groups in total. The van der Waals surface area contributed by atoms with Gasteiger partial charge in [-0.25, -0.2) is 22.9 Å². The first-order chi connectivity index (χ1) is 8.24. The van der Waals surface area contributed by atoms with E-state index >= 15 is 0 Å². The molecule has 0 saturated carbocycles. The fourth-order valence-electron chi connectivity index (χ4n) is 1.64. The fourth-order valence-corrected chi connectivity index (χ4v) is 4.06. The van der Waals surface area contributed by atoms with E-state index in [0.717, 1.165) is 11.3 Å². The molecule has 0 radical (unpaired) electrons. The Morgan fingerprint density at radius 1 is 1.50 bits per heavy atom. The summed E-state index contributed by atoms with van der Waals surface area (Å²) in [6.45, 7) is 5.72. The summed E-state index contributed by atoms with van der Waals surface area (Å²) in [6, 6.07) is -0.251. The predicted molar refractivity (Wildman–Crippen MR) is 68.3 cm³/mol. The Hall–Kier alpha value is -0.990. The number of carbonyl (C=O) groups is 1.